The van der Waals surface area contributed by atoms with Crippen molar-refractivity contribution in [3.05, 3.63) is 76.5 Å². The topological polar surface area (TPSA) is 77.1 Å². The zero-order chi connectivity index (χ0) is 16.9. The number of amides is 1. The zero-order valence-corrected chi connectivity index (χ0v) is 12.6. The lowest BCUT2D eigenvalue weighted by Gasteiger charge is -2.07. The van der Waals surface area contributed by atoms with E-state index in [2.05, 4.69) is 10.4 Å². The number of hydrogen-bond acceptors (Lipinski definition) is 4. The molecule has 0 bridgehead atoms. The van der Waals surface area contributed by atoms with Gasteiger partial charge in [-0.05, 0) is 35.9 Å². The molecule has 2 heterocycles. The Labute approximate surface area is 136 Å². The standard InChI is InChI=1S/C17H14FN3O3/c18-13-4-1-3-12(9-13)10-19-16(22)11-21-17(23)7-6-14(20-21)15-5-2-8-24-15/h1-9H,10-11H2,(H,19,22). The Morgan fingerprint density at radius 1 is 1.21 bits per heavy atom. The largest absolute Gasteiger partial charge is 0.463 e. The van der Waals surface area contributed by atoms with Crippen molar-refractivity contribution in [2.24, 2.45) is 0 Å². The van der Waals surface area contributed by atoms with Gasteiger partial charge < -0.3 is 9.73 Å². The lowest BCUT2D eigenvalue weighted by molar-refractivity contribution is -0.122. The number of carbonyl (C=O) groups excluding carboxylic acids is 1. The molecule has 0 unspecified atom stereocenters. The highest BCUT2D eigenvalue weighted by molar-refractivity contribution is 5.75. The molecular weight excluding hydrogens is 313 g/mol. The van der Waals surface area contributed by atoms with E-state index >= 15 is 0 Å². The summed E-state index contributed by atoms with van der Waals surface area (Å²) in [5.41, 5.74) is 0.691. The number of rotatable bonds is 5. The number of benzene rings is 1. The molecule has 0 atom stereocenters. The predicted molar refractivity (Wildman–Crippen MR) is 84.4 cm³/mol. The normalized spacial score (nSPS) is 10.5. The Kier molecular flexibility index (Phi) is 4.51. The lowest BCUT2D eigenvalue weighted by atomic mass is 10.2. The van der Waals surface area contributed by atoms with Crippen LogP contribution in [0.15, 0.2) is 64.0 Å². The Hall–Kier alpha value is -3.22. The van der Waals surface area contributed by atoms with Gasteiger partial charge in [-0.3, -0.25) is 9.59 Å². The molecule has 3 aromatic rings. The second-order valence-electron chi connectivity index (χ2n) is 5.10. The number of hydrogen-bond donors (Lipinski definition) is 1. The van der Waals surface area contributed by atoms with Crippen LogP contribution in [0.3, 0.4) is 0 Å². The molecule has 0 saturated heterocycles. The fraction of sp³-hybridized carbons (Fsp3) is 0.118. The summed E-state index contributed by atoms with van der Waals surface area (Å²) < 4.78 is 19.4. The average Bonchev–Trinajstić information content (AvgIpc) is 3.10. The predicted octanol–water partition coefficient (Wildman–Crippen LogP) is 1.96. The number of nitrogens with one attached hydrogen (secondary N) is 1. The molecule has 1 N–H and O–H groups in total. The third-order valence-corrected chi connectivity index (χ3v) is 3.31. The first-order valence-corrected chi connectivity index (χ1v) is 7.25. The van der Waals surface area contributed by atoms with Crippen LogP contribution in [0, 0.1) is 5.82 Å². The van der Waals surface area contributed by atoms with Crippen LogP contribution in [-0.2, 0) is 17.9 Å². The van der Waals surface area contributed by atoms with Gasteiger partial charge >= 0.3 is 0 Å². The maximum Gasteiger partial charge on any atom is 0.267 e. The highest BCUT2D eigenvalue weighted by Gasteiger charge is 2.09. The summed E-state index contributed by atoms with van der Waals surface area (Å²) in [4.78, 5) is 23.8. The maximum absolute atomic E-state index is 13.1. The van der Waals surface area contributed by atoms with Gasteiger partial charge in [-0.1, -0.05) is 12.1 Å². The minimum Gasteiger partial charge on any atom is -0.463 e. The van der Waals surface area contributed by atoms with Gasteiger partial charge in [0, 0.05) is 12.6 Å². The van der Waals surface area contributed by atoms with Gasteiger partial charge in [0.2, 0.25) is 5.91 Å². The molecule has 0 saturated carbocycles. The van der Waals surface area contributed by atoms with Crippen LogP contribution in [0.25, 0.3) is 11.5 Å². The van der Waals surface area contributed by atoms with Crippen LogP contribution in [0.5, 0.6) is 0 Å². The van der Waals surface area contributed by atoms with E-state index in [1.54, 1.807) is 24.3 Å². The summed E-state index contributed by atoms with van der Waals surface area (Å²) in [6, 6.07) is 12.2. The van der Waals surface area contributed by atoms with Gasteiger partial charge in [-0.2, -0.15) is 5.10 Å². The molecule has 0 aliphatic rings. The van der Waals surface area contributed by atoms with Crippen molar-refractivity contribution in [2.45, 2.75) is 13.1 Å². The summed E-state index contributed by atoms with van der Waals surface area (Å²) in [6.07, 6.45) is 1.50. The van der Waals surface area contributed by atoms with Crippen molar-refractivity contribution in [3.8, 4) is 11.5 Å². The molecular formula is C17H14FN3O3. The van der Waals surface area contributed by atoms with Crippen molar-refractivity contribution in [1.82, 2.24) is 15.1 Å². The Balaban J connectivity index is 1.68. The van der Waals surface area contributed by atoms with Gasteiger partial charge in [-0.15, -0.1) is 0 Å². The van der Waals surface area contributed by atoms with Crippen LogP contribution in [0.4, 0.5) is 4.39 Å². The monoisotopic (exact) mass is 327 g/mol. The molecule has 0 aliphatic carbocycles. The van der Waals surface area contributed by atoms with Crippen molar-refractivity contribution >= 4 is 5.91 Å². The van der Waals surface area contributed by atoms with Gasteiger partial charge in [0.1, 0.15) is 18.1 Å². The molecule has 2 aromatic heterocycles. The molecule has 0 fully saturated rings. The Morgan fingerprint density at radius 3 is 2.83 bits per heavy atom. The van der Waals surface area contributed by atoms with Crippen LogP contribution < -0.4 is 10.9 Å². The molecule has 0 radical (unpaired) electrons. The summed E-state index contributed by atoms with van der Waals surface area (Å²) >= 11 is 0. The third-order valence-electron chi connectivity index (χ3n) is 3.31. The summed E-state index contributed by atoms with van der Waals surface area (Å²) in [5, 5.41) is 6.74. The second kappa shape index (κ2) is 6.91. The number of carbonyl (C=O) groups is 1. The second-order valence-corrected chi connectivity index (χ2v) is 5.10. The maximum atomic E-state index is 13.1. The van der Waals surface area contributed by atoms with E-state index in [1.807, 2.05) is 0 Å². The summed E-state index contributed by atoms with van der Waals surface area (Å²) in [7, 11) is 0. The highest BCUT2D eigenvalue weighted by Crippen LogP contribution is 2.14. The molecule has 0 aliphatic heterocycles. The van der Waals surface area contributed by atoms with E-state index in [0.717, 1.165) is 4.68 Å². The first kappa shape index (κ1) is 15.7. The number of aromatic nitrogens is 2. The van der Waals surface area contributed by atoms with E-state index in [1.165, 1.54) is 30.5 Å². The molecule has 122 valence electrons. The van der Waals surface area contributed by atoms with Crippen LogP contribution in [0.2, 0.25) is 0 Å². The third kappa shape index (κ3) is 3.75. The van der Waals surface area contributed by atoms with Crippen LogP contribution >= 0.6 is 0 Å². The summed E-state index contributed by atoms with van der Waals surface area (Å²) in [5.74, 6) is -0.264. The van der Waals surface area contributed by atoms with Crippen molar-refractivity contribution in [3.63, 3.8) is 0 Å². The SMILES string of the molecule is O=C(Cn1nc(-c2ccco2)ccc1=O)NCc1cccc(F)c1. The first-order valence-electron chi connectivity index (χ1n) is 7.25. The summed E-state index contributed by atoms with van der Waals surface area (Å²) in [6.45, 7) is -0.0636. The number of halogens is 1. The smallest absolute Gasteiger partial charge is 0.267 e. The molecule has 6 nitrogen and oxygen atoms in total. The van der Waals surface area contributed by atoms with Crippen molar-refractivity contribution in [2.75, 3.05) is 0 Å². The van der Waals surface area contributed by atoms with E-state index < -0.39 is 11.5 Å². The van der Waals surface area contributed by atoms with E-state index in [-0.39, 0.29) is 18.9 Å². The van der Waals surface area contributed by atoms with E-state index in [4.69, 9.17) is 4.42 Å². The van der Waals surface area contributed by atoms with E-state index in [0.29, 0.717) is 17.0 Å². The fourth-order valence-corrected chi connectivity index (χ4v) is 2.16. The molecule has 0 spiro atoms. The number of furan rings is 1. The molecule has 24 heavy (non-hydrogen) atoms. The van der Waals surface area contributed by atoms with Crippen LogP contribution in [-0.4, -0.2) is 15.7 Å². The minimum absolute atomic E-state index is 0.170. The quantitative estimate of drug-likeness (QED) is 0.777. The van der Waals surface area contributed by atoms with E-state index in [9.17, 15) is 14.0 Å². The highest BCUT2D eigenvalue weighted by atomic mass is 19.1. The van der Waals surface area contributed by atoms with Gasteiger partial charge in [0.05, 0.1) is 6.26 Å². The van der Waals surface area contributed by atoms with Gasteiger partial charge in [-0.25, -0.2) is 9.07 Å². The molecule has 1 amide bonds. The van der Waals surface area contributed by atoms with Crippen molar-refractivity contribution in [1.29, 1.82) is 0 Å². The minimum atomic E-state index is -0.398. The fourth-order valence-electron chi connectivity index (χ4n) is 2.16. The zero-order valence-electron chi connectivity index (χ0n) is 12.6. The molecule has 7 heteroatoms. The molecule has 3 rings (SSSR count). The van der Waals surface area contributed by atoms with Gasteiger partial charge in [0.15, 0.2) is 5.76 Å². The first-order chi connectivity index (χ1) is 11.6. The number of nitrogens with zero attached hydrogens (tertiary/aromatic N) is 2. The Morgan fingerprint density at radius 2 is 2.08 bits per heavy atom. The lowest BCUT2D eigenvalue weighted by Crippen LogP contribution is -2.33. The Bertz CT molecular complexity index is 903. The van der Waals surface area contributed by atoms with Gasteiger partial charge in [0.25, 0.3) is 5.56 Å². The molecule has 1 aromatic carbocycles. The average molecular weight is 327 g/mol. The van der Waals surface area contributed by atoms with Crippen molar-refractivity contribution < 1.29 is 13.6 Å². The van der Waals surface area contributed by atoms with Crippen LogP contribution in [0.1, 0.15) is 5.56 Å².